The second-order valence-electron chi connectivity index (χ2n) is 3.31. The molecule has 3 nitrogen and oxygen atoms in total. The molecule has 86 valence electrons. The van der Waals surface area contributed by atoms with Crippen LogP contribution in [0.1, 0.15) is 5.56 Å². The van der Waals surface area contributed by atoms with Gasteiger partial charge in [0.15, 0.2) is 0 Å². The summed E-state index contributed by atoms with van der Waals surface area (Å²) in [6.07, 6.45) is 1.61. The van der Waals surface area contributed by atoms with Crippen LogP contribution in [0, 0.1) is 5.41 Å². The van der Waals surface area contributed by atoms with E-state index in [0.29, 0.717) is 15.6 Å². The second-order valence-corrected chi connectivity index (χ2v) is 4.75. The molecule has 0 spiro atoms. The van der Waals surface area contributed by atoms with Gasteiger partial charge in [-0.25, -0.2) is 4.98 Å². The predicted octanol–water partition coefficient (Wildman–Crippen LogP) is 3.17. The largest absolute Gasteiger partial charge is 0.384 e. The predicted molar refractivity (Wildman–Crippen MR) is 70.8 cm³/mol. The van der Waals surface area contributed by atoms with Crippen LogP contribution in [0.5, 0.6) is 0 Å². The first-order valence-electron chi connectivity index (χ1n) is 4.90. The Labute approximate surface area is 109 Å². The van der Waals surface area contributed by atoms with Crippen molar-refractivity contribution in [2.45, 2.75) is 9.92 Å². The summed E-state index contributed by atoms with van der Waals surface area (Å²) in [4.78, 5) is 5.24. The number of nitrogens with two attached hydrogens (primary N) is 1. The number of hydrogen-bond acceptors (Lipinski definition) is 3. The molecule has 1 heterocycles. The highest BCUT2D eigenvalue weighted by molar-refractivity contribution is 7.99. The molecule has 0 saturated heterocycles. The first-order valence-corrected chi connectivity index (χ1v) is 6.09. The summed E-state index contributed by atoms with van der Waals surface area (Å²) < 4.78 is 0. The molecule has 5 heteroatoms. The van der Waals surface area contributed by atoms with Crippen molar-refractivity contribution in [2.75, 3.05) is 0 Å². The van der Waals surface area contributed by atoms with Crippen LogP contribution in [-0.4, -0.2) is 10.8 Å². The van der Waals surface area contributed by atoms with Gasteiger partial charge < -0.3 is 5.73 Å². The fraction of sp³-hybridized carbons (Fsp3) is 0. The molecule has 0 radical (unpaired) electrons. The Kier molecular flexibility index (Phi) is 3.66. The second kappa shape index (κ2) is 5.21. The van der Waals surface area contributed by atoms with Gasteiger partial charge in [0.1, 0.15) is 10.9 Å². The molecular formula is C12H10ClN3S. The summed E-state index contributed by atoms with van der Waals surface area (Å²) in [5.74, 6) is -0.0488. The van der Waals surface area contributed by atoms with Crippen molar-refractivity contribution in [2.24, 2.45) is 5.73 Å². The van der Waals surface area contributed by atoms with E-state index >= 15 is 0 Å². The van der Waals surface area contributed by atoms with Gasteiger partial charge in [0.05, 0.1) is 5.02 Å². The molecule has 0 aliphatic rings. The third-order valence-corrected chi connectivity index (χ3v) is 3.61. The standard InChI is InChI=1S/C12H10ClN3S/c13-10-9(11(14)15)6-7-16-12(10)17-8-4-2-1-3-5-8/h1-7H,(H3,14,15). The van der Waals surface area contributed by atoms with E-state index in [9.17, 15) is 0 Å². The van der Waals surface area contributed by atoms with Gasteiger partial charge in [-0.1, -0.05) is 41.6 Å². The molecule has 1 aromatic carbocycles. The summed E-state index contributed by atoms with van der Waals surface area (Å²) >= 11 is 7.60. The van der Waals surface area contributed by atoms with E-state index < -0.39 is 0 Å². The normalized spacial score (nSPS) is 10.2. The van der Waals surface area contributed by atoms with Crippen molar-refractivity contribution in [1.82, 2.24) is 4.98 Å². The number of nitrogens with zero attached hydrogens (tertiary/aromatic N) is 1. The van der Waals surface area contributed by atoms with Gasteiger partial charge in [0.2, 0.25) is 0 Å². The van der Waals surface area contributed by atoms with Crippen LogP contribution < -0.4 is 5.73 Å². The Hall–Kier alpha value is -1.52. The monoisotopic (exact) mass is 263 g/mol. The molecule has 0 amide bonds. The average Bonchev–Trinajstić information content (AvgIpc) is 2.33. The highest BCUT2D eigenvalue weighted by atomic mass is 35.5. The molecular weight excluding hydrogens is 254 g/mol. The number of rotatable bonds is 3. The maximum Gasteiger partial charge on any atom is 0.124 e. The van der Waals surface area contributed by atoms with E-state index in [1.807, 2.05) is 30.3 Å². The number of amidine groups is 1. The summed E-state index contributed by atoms with van der Waals surface area (Å²) in [7, 11) is 0. The van der Waals surface area contributed by atoms with Crippen LogP contribution in [0.25, 0.3) is 0 Å². The van der Waals surface area contributed by atoms with Gasteiger partial charge in [-0.2, -0.15) is 0 Å². The van der Waals surface area contributed by atoms with Crippen molar-refractivity contribution in [3.63, 3.8) is 0 Å². The quantitative estimate of drug-likeness (QED) is 0.660. The van der Waals surface area contributed by atoms with Crippen LogP contribution in [-0.2, 0) is 0 Å². The molecule has 2 aromatic rings. The zero-order valence-corrected chi connectivity index (χ0v) is 10.4. The third-order valence-electron chi connectivity index (χ3n) is 2.11. The van der Waals surface area contributed by atoms with Crippen molar-refractivity contribution in [3.05, 3.63) is 53.2 Å². The third kappa shape index (κ3) is 2.78. The van der Waals surface area contributed by atoms with E-state index in [0.717, 1.165) is 4.90 Å². The number of pyridine rings is 1. The lowest BCUT2D eigenvalue weighted by Gasteiger charge is -2.06. The Morgan fingerprint density at radius 3 is 2.59 bits per heavy atom. The van der Waals surface area contributed by atoms with Crippen LogP contribution >= 0.6 is 23.4 Å². The zero-order valence-electron chi connectivity index (χ0n) is 8.85. The van der Waals surface area contributed by atoms with Gasteiger partial charge in [-0.05, 0) is 18.2 Å². The van der Waals surface area contributed by atoms with Crippen LogP contribution in [0.2, 0.25) is 5.02 Å². The number of halogens is 1. The van der Waals surface area contributed by atoms with Crippen molar-refractivity contribution >= 4 is 29.2 Å². The summed E-state index contributed by atoms with van der Waals surface area (Å²) in [6.45, 7) is 0. The van der Waals surface area contributed by atoms with Crippen LogP contribution in [0.3, 0.4) is 0 Å². The van der Waals surface area contributed by atoms with E-state index in [1.165, 1.54) is 11.8 Å². The van der Waals surface area contributed by atoms with Gasteiger partial charge >= 0.3 is 0 Å². The van der Waals surface area contributed by atoms with E-state index in [1.54, 1.807) is 12.3 Å². The minimum absolute atomic E-state index is 0.0488. The molecule has 0 saturated carbocycles. The molecule has 0 aliphatic carbocycles. The van der Waals surface area contributed by atoms with Gasteiger partial charge in [-0.15, -0.1) is 0 Å². The first kappa shape index (κ1) is 12.0. The van der Waals surface area contributed by atoms with Crippen molar-refractivity contribution in [1.29, 1.82) is 5.41 Å². The molecule has 0 bridgehead atoms. The molecule has 17 heavy (non-hydrogen) atoms. The lowest BCUT2D eigenvalue weighted by molar-refractivity contribution is 1.12. The van der Waals surface area contributed by atoms with Crippen molar-refractivity contribution in [3.8, 4) is 0 Å². The van der Waals surface area contributed by atoms with E-state index in [-0.39, 0.29) is 5.84 Å². The Morgan fingerprint density at radius 1 is 1.24 bits per heavy atom. The van der Waals surface area contributed by atoms with E-state index in [4.69, 9.17) is 22.7 Å². The maximum absolute atomic E-state index is 7.41. The molecule has 0 atom stereocenters. The highest BCUT2D eigenvalue weighted by Crippen LogP contribution is 2.32. The molecule has 0 unspecified atom stereocenters. The van der Waals surface area contributed by atoms with E-state index in [2.05, 4.69) is 4.98 Å². The summed E-state index contributed by atoms with van der Waals surface area (Å²) in [5, 5.41) is 8.49. The van der Waals surface area contributed by atoms with Crippen LogP contribution in [0.4, 0.5) is 0 Å². The average molecular weight is 264 g/mol. The first-order chi connectivity index (χ1) is 8.18. The topological polar surface area (TPSA) is 62.8 Å². The summed E-state index contributed by atoms with van der Waals surface area (Å²) in [6, 6.07) is 11.4. The van der Waals surface area contributed by atoms with Crippen LogP contribution in [0.15, 0.2) is 52.5 Å². The minimum atomic E-state index is -0.0488. The number of nitrogen functional groups attached to an aromatic ring is 1. The molecule has 2 rings (SSSR count). The highest BCUT2D eigenvalue weighted by Gasteiger charge is 2.10. The molecule has 3 N–H and O–H groups in total. The lowest BCUT2D eigenvalue weighted by Crippen LogP contribution is -2.12. The Balaban J connectivity index is 2.34. The Morgan fingerprint density at radius 2 is 1.94 bits per heavy atom. The van der Waals surface area contributed by atoms with Gasteiger partial charge in [-0.3, -0.25) is 5.41 Å². The molecule has 0 aliphatic heterocycles. The molecule has 1 aromatic heterocycles. The number of hydrogen-bond donors (Lipinski definition) is 2. The maximum atomic E-state index is 7.41. The number of nitrogens with one attached hydrogen (secondary N) is 1. The Bertz CT molecular complexity index is 543. The fourth-order valence-electron chi connectivity index (χ4n) is 1.30. The van der Waals surface area contributed by atoms with Crippen molar-refractivity contribution < 1.29 is 0 Å². The smallest absolute Gasteiger partial charge is 0.124 e. The summed E-state index contributed by atoms with van der Waals surface area (Å²) in [5.41, 5.74) is 5.95. The minimum Gasteiger partial charge on any atom is -0.384 e. The van der Waals surface area contributed by atoms with Gasteiger partial charge in [0, 0.05) is 16.7 Å². The fourth-order valence-corrected chi connectivity index (χ4v) is 2.46. The SMILES string of the molecule is N=C(N)c1ccnc(Sc2ccccc2)c1Cl. The van der Waals surface area contributed by atoms with Gasteiger partial charge in [0.25, 0.3) is 0 Å². The zero-order chi connectivity index (χ0) is 12.3. The molecule has 0 fully saturated rings. The lowest BCUT2D eigenvalue weighted by atomic mass is 10.2. The number of benzene rings is 1. The number of aromatic nitrogens is 1.